The molecule has 0 atom stereocenters. The number of halogens is 2. The second-order valence-electron chi connectivity index (χ2n) is 4.19. The van der Waals surface area contributed by atoms with E-state index < -0.39 is 33.7 Å². The third-order valence-electron chi connectivity index (χ3n) is 2.77. The van der Waals surface area contributed by atoms with Gasteiger partial charge in [0, 0.05) is 6.20 Å². The molecule has 0 radical (unpaired) electrons. The third-order valence-corrected chi connectivity index (χ3v) is 2.77. The minimum Gasteiger partial charge on any atom is -0.320 e. The van der Waals surface area contributed by atoms with Gasteiger partial charge < -0.3 is 5.32 Å². The summed E-state index contributed by atoms with van der Waals surface area (Å²) in [6, 6.07) is 2.50. The van der Waals surface area contributed by atoms with Gasteiger partial charge in [-0.1, -0.05) is 0 Å². The second-order valence-corrected chi connectivity index (χ2v) is 4.19. The van der Waals surface area contributed by atoms with Crippen molar-refractivity contribution >= 4 is 17.3 Å². The summed E-state index contributed by atoms with van der Waals surface area (Å²) in [6.07, 6.45) is 2.87. The maximum atomic E-state index is 13.7. The van der Waals surface area contributed by atoms with E-state index >= 15 is 0 Å². The first-order valence-corrected chi connectivity index (χ1v) is 5.75. The Bertz CT molecular complexity index is 735. The van der Waals surface area contributed by atoms with Crippen molar-refractivity contribution in [1.29, 1.82) is 0 Å². The maximum absolute atomic E-state index is 13.7. The first-order valence-electron chi connectivity index (χ1n) is 5.75. The molecule has 1 aromatic carbocycles. The van der Waals surface area contributed by atoms with Crippen LogP contribution in [-0.4, -0.2) is 15.8 Å². The summed E-state index contributed by atoms with van der Waals surface area (Å²) < 4.78 is 27.2. The Labute approximate surface area is 117 Å². The van der Waals surface area contributed by atoms with Crippen molar-refractivity contribution in [2.24, 2.45) is 0 Å². The number of rotatable bonds is 3. The molecule has 6 nitrogen and oxygen atoms in total. The number of carbonyl (C=O) groups is 1. The standard InChI is InChI=1S/C13H9F2N3O3/c1-7-2-3-16-6-11(7)17-13(19)8-4-10(15)12(18(20)21)5-9(8)14/h2-6H,1H3,(H,17,19). The van der Waals surface area contributed by atoms with Crippen molar-refractivity contribution < 1.29 is 18.5 Å². The summed E-state index contributed by atoms with van der Waals surface area (Å²) in [4.78, 5) is 25.1. The van der Waals surface area contributed by atoms with Crippen molar-refractivity contribution in [3.8, 4) is 0 Å². The Morgan fingerprint density at radius 2 is 2.05 bits per heavy atom. The van der Waals surface area contributed by atoms with Crippen LogP contribution in [0.25, 0.3) is 0 Å². The molecule has 2 rings (SSSR count). The van der Waals surface area contributed by atoms with Gasteiger partial charge in [-0.05, 0) is 24.6 Å². The summed E-state index contributed by atoms with van der Waals surface area (Å²) in [6.45, 7) is 1.70. The predicted molar refractivity (Wildman–Crippen MR) is 69.9 cm³/mol. The van der Waals surface area contributed by atoms with Gasteiger partial charge >= 0.3 is 5.69 Å². The lowest BCUT2D eigenvalue weighted by Crippen LogP contribution is -2.15. The number of hydrogen-bond donors (Lipinski definition) is 1. The summed E-state index contributed by atoms with van der Waals surface area (Å²) in [5.41, 5.74) is -0.634. The molecule has 0 aliphatic heterocycles. The number of nitro benzene ring substituents is 1. The molecule has 0 saturated heterocycles. The van der Waals surface area contributed by atoms with E-state index in [0.717, 1.165) is 0 Å². The zero-order valence-electron chi connectivity index (χ0n) is 10.8. The molecule has 1 N–H and O–H groups in total. The molecule has 1 amide bonds. The van der Waals surface area contributed by atoms with Crippen LogP contribution in [0, 0.1) is 28.7 Å². The fourth-order valence-electron chi connectivity index (χ4n) is 1.63. The van der Waals surface area contributed by atoms with E-state index in [1.165, 1.54) is 12.4 Å². The number of anilines is 1. The number of amides is 1. The van der Waals surface area contributed by atoms with Crippen LogP contribution in [-0.2, 0) is 0 Å². The number of pyridine rings is 1. The summed E-state index contributed by atoms with van der Waals surface area (Å²) >= 11 is 0. The van der Waals surface area contributed by atoms with Crippen LogP contribution in [0.5, 0.6) is 0 Å². The van der Waals surface area contributed by atoms with Gasteiger partial charge in [0.1, 0.15) is 5.82 Å². The summed E-state index contributed by atoms with van der Waals surface area (Å²) in [5, 5.41) is 12.8. The molecule has 0 saturated carbocycles. The summed E-state index contributed by atoms with van der Waals surface area (Å²) in [5.74, 6) is -3.38. The Morgan fingerprint density at radius 1 is 1.33 bits per heavy atom. The molecule has 0 spiro atoms. The van der Waals surface area contributed by atoms with Gasteiger partial charge in [-0.2, -0.15) is 4.39 Å². The van der Waals surface area contributed by atoms with Crippen molar-refractivity contribution in [2.45, 2.75) is 6.92 Å². The first kappa shape index (κ1) is 14.5. The Balaban J connectivity index is 2.34. The Hall–Kier alpha value is -2.90. The number of nitrogens with zero attached hydrogens (tertiary/aromatic N) is 2. The molecule has 0 aliphatic carbocycles. The average molecular weight is 293 g/mol. The molecular weight excluding hydrogens is 284 g/mol. The van der Waals surface area contributed by atoms with Crippen molar-refractivity contribution in [3.05, 3.63) is 63.5 Å². The van der Waals surface area contributed by atoms with E-state index in [1.807, 2.05) is 0 Å². The number of carbonyl (C=O) groups excluding carboxylic acids is 1. The van der Waals surface area contributed by atoms with E-state index in [0.29, 0.717) is 23.4 Å². The fourth-order valence-corrected chi connectivity index (χ4v) is 1.63. The van der Waals surface area contributed by atoms with E-state index in [1.54, 1.807) is 13.0 Å². The lowest BCUT2D eigenvalue weighted by Gasteiger charge is -2.08. The quantitative estimate of drug-likeness (QED) is 0.696. The number of benzene rings is 1. The van der Waals surface area contributed by atoms with Crippen molar-refractivity contribution in [1.82, 2.24) is 4.98 Å². The molecule has 0 bridgehead atoms. The minimum absolute atomic E-state index is 0.334. The molecule has 1 heterocycles. The van der Waals surface area contributed by atoms with Gasteiger partial charge in [0.25, 0.3) is 5.91 Å². The monoisotopic (exact) mass is 293 g/mol. The zero-order valence-corrected chi connectivity index (χ0v) is 10.8. The zero-order chi connectivity index (χ0) is 15.6. The highest BCUT2D eigenvalue weighted by atomic mass is 19.1. The fraction of sp³-hybridized carbons (Fsp3) is 0.0769. The highest BCUT2D eigenvalue weighted by Gasteiger charge is 2.22. The number of nitro groups is 1. The molecule has 108 valence electrons. The predicted octanol–water partition coefficient (Wildman–Crippen LogP) is 2.83. The number of nitrogens with one attached hydrogen (secondary N) is 1. The molecule has 0 fully saturated rings. The summed E-state index contributed by atoms with van der Waals surface area (Å²) in [7, 11) is 0. The first-order chi connectivity index (χ1) is 9.90. The molecular formula is C13H9F2N3O3. The van der Waals surface area contributed by atoms with Crippen LogP contribution in [0.1, 0.15) is 15.9 Å². The SMILES string of the molecule is Cc1ccncc1NC(=O)c1cc(F)c([N+](=O)[O-])cc1F. The lowest BCUT2D eigenvalue weighted by molar-refractivity contribution is -0.387. The van der Waals surface area contributed by atoms with Crippen molar-refractivity contribution in [2.75, 3.05) is 5.32 Å². The third kappa shape index (κ3) is 2.99. The van der Waals surface area contributed by atoms with E-state index in [4.69, 9.17) is 0 Å². The van der Waals surface area contributed by atoms with Gasteiger partial charge in [-0.3, -0.25) is 19.9 Å². The molecule has 1 aromatic heterocycles. The van der Waals surface area contributed by atoms with Gasteiger partial charge in [0.05, 0.1) is 28.4 Å². The molecule has 0 unspecified atom stereocenters. The maximum Gasteiger partial charge on any atom is 0.307 e. The highest BCUT2D eigenvalue weighted by molar-refractivity contribution is 6.04. The van der Waals surface area contributed by atoms with Crippen LogP contribution in [0.3, 0.4) is 0 Å². The van der Waals surface area contributed by atoms with E-state index in [-0.39, 0.29) is 0 Å². The van der Waals surface area contributed by atoms with Gasteiger partial charge in [-0.15, -0.1) is 0 Å². The number of aromatic nitrogens is 1. The minimum atomic E-state index is -1.28. The average Bonchev–Trinajstić information content (AvgIpc) is 2.43. The Kier molecular flexibility index (Phi) is 3.88. The molecule has 2 aromatic rings. The van der Waals surface area contributed by atoms with E-state index in [9.17, 15) is 23.7 Å². The topological polar surface area (TPSA) is 85.1 Å². The smallest absolute Gasteiger partial charge is 0.307 e. The molecule has 21 heavy (non-hydrogen) atoms. The Morgan fingerprint density at radius 3 is 2.67 bits per heavy atom. The van der Waals surface area contributed by atoms with Gasteiger partial charge in [-0.25, -0.2) is 4.39 Å². The lowest BCUT2D eigenvalue weighted by atomic mass is 10.1. The van der Waals surface area contributed by atoms with E-state index in [2.05, 4.69) is 10.3 Å². The number of aryl methyl sites for hydroxylation is 1. The largest absolute Gasteiger partial charge is 0.320 e. The normalized spacial score (nSPS) is 10.2. The molecule has 8 heteroatoms. The van der Waals surface area contributed by atoms with Crippen LogP contribution >= 0.6 is 0 Å². The van der Waals surface area contributed by atoms with Gasteiger partial charge in [0.2, 0.25) is 5.82 Å². The van der Waals surface area contributed by atoms with Crippen LogP contribution in [0.2, 0.25) is 0 Å². The van der Waals surface area contributed by atoms with Crippen molar-refractivity contribution in [3.63, 3.8) is 0 Å². The van der Waals surface area contributed by atoms with Crippen LogP contribution < -0.4 is 5.32 Å². The molecule has 0 aliphatic rings. The van der Waals surface area contributed by atoms with Gasteiger partial charge in [0.15, 0.2) is 0 Å². The van der Waals surface area contributed by atoms with Crippen LogP contribution in [0.15, 0.2) is 30.6 Å². The second kappa shape index (κ2) is 5.61. The van der Waals surface area contributed by atoms with Crippen LogP contribution in [0.4, 0.5) is 20.2 Å². The highest BCUT2D eigenvalue weighted by Crippen LogP contribution is 2.22. The number of hydrogen-bond acceptors (Lipinski definition) is 4.